The summed E-state index contributed by atoms with van der Waals surface area (Å²) >= 11 is 0. The smallest absolute Gasteiger partial charge is 0.244 e. The van der Waals surface area contributed by atoms with E-state index in [1.54, 1.807) is 0 Å². The van der Waals surface area contributed by atoms with Crippen LogP contribution < -0.4 is 15.8 Å². The van der Waals surface area contributed by atoms with Crippen molar-refractivity contribution in [3.8, 4) is 5.75 Å². The van der Waals surface area contributed by atoms with Crippen molar-refractivity contribution in [2.45, 2.75) is 31.9 Å². The summed E-state index contributed by atoms with van der Waals surface area (Å²) in [5.41, 5.74) is 8.18. The van der Waals surface area contributed by atoms with Gasteiger partial charge < -0.3 is 20.5 Å². The molecular formula is C20H25ClN2O3. The molecule has 1 aliphatic heterocycles. The molecule has 0 radical (unpaired) electrons. The van der Waals surface area contributed by atoms with Gasteiger partial charge in [0.2, 0.25) is 5.91 Å². The summed E-state index contributed by atoms with van der Waals surface area (Å²) in [6.07, 6.45) is 1.08. The Labute approximate surface area is 160 Å². The van der Waals surface area contributed by atoms with E-state index in [4.69, 9.17) is 15.2 Å². The van der Waals surface area contributed by atoms with Gasteiger partial charge in [0.1, 0.15) is 17.9 Å². The molecule has 1 fully saturated rings. The fourth-order valence-corrected chi connectivity index (χ4v) is 2.82. The van der Waals surface area contributed by atoms with Crippen LogP contribution in [0.4, 0.5) is 5.69 Å². The van der Waals surface area contributed by atoms with Crippen molar-refractivity contribution in [2.24, 2.45) is 5.73 Å². The van der Waals surface area contributed by atoms with Crippen molar-refractivity contribution in [2.75, 3.05) is 18.5 Å². The van der Waals surface area contributed by atoms with E-state index in [0.29, 0.717) is 32.7 Å². The van der Waals surface area contributed by atoms with Crippen molar-refractivity contribution < 1.29 is 14.3 Å². The molecule has 0 bridgehead atoms. The third kappa shape index (κ3) is 4.97. The van der Waals surface area contributed by atoms with Crippen molar-refractivity contribution >= 4 is 24.0 Å². The number of carbonyl (C=O) groups excluding carboxylic acids is 1. The number of halogens is 1. The number of ether oxygens (including phenoxy) is 2. The Hall–Kier alpha value is -2.08. The van der Waals surface area contributed by atoms with Crippen molar-refractivity contribution in [1.82, 2.24) is 0 Å². The van der Waals surface area contributed by atoms with Gasteiger partial charge in [-0.1, -0.05) is 30.3 Å². The third-order valence-electron chi connectivity index (χ3n) is 4.53. The second kappa shape index (κ2) is 9.03. The Kier molecular flexibility index (Phi) is 7.03. The molecule has 26 heavy (non-hydrogen) atoms. The number of nitrogens with one attached hydrogen (secondary N) is 1. The molecule has 1 heterocycles. The van der Waals surface area contributed by atoms with Gasteiger partial charge in [0.25, 0.3) is 0 Å². The van der Waals surface area contributed by atoms with Gasteiger partial charge in [-0.05, 0) is 49.1 Å². The fraction of sp³-hybridized carbons (Fsp3) is 0.350. The van der Waals surface area contributed by atoms with Crippen LogP contribution in [0.15, 0.2) is 48.5 Å². The van der Waals surface area contributed by atoms with Crippen LogP contribution in [0.5, 0.6) is 5.75 Å². The molecule has 6 heteroatoms. The topological polar surface area (TPSA) is 73.6 Å². The highest BCUT2D eigenvalue weighted by Crippen LogP contribution is 2.25. The molecule has 3 N–H and O–H groups in total. The van der Waals surface area contributed by atoms with Crippen LogP contribution in [0.3, 0.4) is 0 Å². The van der Waals surface area contributed by atoms with E-state index in [-0.39, 0.29) is 18.3 Å². The number of rotatable bonds is 5. The van der Waals surface area contributed by atoms with E-state index in [1.807, 2.05) is 55.5 Å². The van der Waals surface area contributed by atoms with Gasteiger partial charge in [0.05, 0.1) is 0 Å². The van der Waals surface area contributed by atoms with Crippen LogP contribution in [0, 0.1) is 6.92 Å². The average Bonchev–Trinajstić information content (AvgIpc) is 2.63. The Morgan fingerprint density at radius 1 is 1.19 bits per heavy atom. The lowest BCUT2D eigenvalue weighted by Crippen LogP contribution is -2.54. The zero-order valence-electron chi connectivity index (χ0n) is 14.9. The molecule has 0 atom stereocenters. The molecule has 5 nitrogen and oxygen atoms in total. The van der Waals surface area contributed by atoms with Crippen molar-refractivity contribution in [1.29, 1.82) is 0 Å². The summed E-state index contributed by atoms with van der Waals surface area (Å²) in [6, 6.07) is 15.6. The molecule has 1 aliphatic rings. The number of nitrogens with two attached hydrogens (primary N) is 1. The van der Waals surface area contributed by atoms with Crippen molar-refractivity contribution in [3.05, 3.63) is 59.7 Å². The minimum absolute atomic E-state index is 0. The number of carbonyl (C=O) groups is 1. The number of benzene rings is 2. The molecule has 1 saturated heterocycles. The average molecular weight is 377 g/mol. The molecule has 0 spiro atoms. The molecule has 0 saturated carbocycles. The first-order valence-corrected chi connectivity index (χ1v) is 8.52. The third-order valence-corrected chi connectivity index (χ3v) is 4.53. The first kappa shape index (κ1) is 20.2. The normalized spacial score (nSPS) is 15.6. The minimum Gasteiger partial charge on any atom is -0.489 e. The molecule has 0 aliphatic carbocycles. The van der Waals surface area contributed by atoms with Gasteiger partial charge in [-0.3, -0.25) is 4.79 Å². The quantitative estimate of drug-likeness (QED) is 0.838. The zero-order chi connectivity index (χ0) is 17.7. The van der Waals surface area contributed by atoms with Crippen LogP contribution in [0.25, 0.3) is 0 Å². The molecule has 2 aromatic carbocycles. The van der Waals surface area contributed by atoms with Crippen LogP contribution in [0.1, 0.15) is 24.0 Å². The number of aryl methyl sites for hydroxylation is 1. The van der Waals surface area contributed by atoms with Crippen molar-refractivity contribution in [3.63, 3.8) is 0 Å². The van der Waals surface area contributed by atoms with Gasteiger partial charge in [0.15, 0.2) is 0 Å². The Bertz CT molecular complexity index is 731. The lowest BCUT2D eigenvalue weighted by atomic mass is 9.90. The van der Waals surface area contributed by atoms with Crippen LogP contribution in [-0.2, 0) is 16.1 Å². The summed E-state index contributed by atoms with van der Waals surface area (Å²) in [4.78, 5) is 12.5. The molecule has 140 valence electrons. The second-order valence-electron chi connectivity index (χ2n) is 6.47. The Balaban J connectivity index is 0.00000243. The fourth-order valence-electron chi connectivity index (χ4n) is 2.82. The maximum absolute atomic E-state index is 12.5. The highest BCUT2D eigenvalue weighted by molar-refractivity contribution is 5.98. The van der Waals surface area contributed by atoms with E-state index in [1.165, 1.54) is 0 Å². The van der Waals surface area contributed by atoms with Crippen LogP contribution >= 0.6 is 12.4 Å². The minimum atomic E-state index is -0.854. The monoisotopic (exact) mass is 376 g/mol. The van der Waals surface area contributed by atoms with E-state index < -0.39 is 5.54 Å². The first-order chi connectivity index (χ1) is 12.1. The molecule has 3 rings (SSSR count). The molecule has 2 aromatic rings. The molecule has 0 aromatic heterocycles. The number of hydrogen-bond acceptors (Lipinski definition) is 4. The van der Waals surface area contributed by atoms with Gasteiger partial charge in [0, 0.05) is 18.9 Å². The van der Waals surface area contributed by atoms with Gasteiger partial charge >= 0.3 is 0 Å². The standard InChI is InChI=1S/C20H24N2O3.ClH/c1-15-13-17(25-14-16-5-3-2-4-6-16)7-8-18(15)22-19(23)20(21)9-11-24-12-10-20;/h2-8,13H,9-12,14,21H2,1H3,(H,22,23);1H. The van der Waals surface area contributed by atoms with E-state index in [9.17, 15) is 4.79 Å². The summed E-state index contributed by atoms with van der Waals surface area (Å²) in [7, 11) is 0. The Morgan fingerprint density at radius 2 is 1.88 bits per heavy atom. The first-order valence-electron chi connectivity index (χ1n) is 8.52. The lowest BCUT2D eigenvalue weighted by Gasteiger charge is -2.32. The summed E-state index contributed by atoms with van der Waals surface area (Å²) < 4.78 is 11.1. The maximum Gasteiger partial charge on any atom is 0.244 e. The van der Waals surface area contributed by atoms with E-state index in [0.717, 1.165) is 22.6 Å². The molecular weight excluding hydrogens is 352 g/mol. The van der Waals surface area contributed by atoms with Gasteiger partial charge in [-0.2, -0.15) is 0 Å². The maximum atomic E-state index is 12.5. The highest BCUT2D eigenvalue weighted by Gasteiger charge is 2.36. The van der Waals surface area contributed by atoms with Gasteiger partial charge in [-0.25, -0.2) is 0 Å². The summed E-state index contributed by atoms with van der Waals surface area (Å²) in [5.74, 6) is 0.615. The number of hydrogen-bond donors (Lipinski definition) is 2. The SMILES string of the molecule is Cc1cc(OCc2ccccc2)ccc1NC(=O)C1(N)CCOCC1.Cl. The van der Waals surface area contributed by atoms with Crippen LogP contribution in [-0.4, -0.2) is 24.7 Å². The largest absolute Gasteiger partial charge is 0.489 e. The predicted octanol–water partition coefficient (Wildman–Crippen LogP) is 3.44. The van der Waals surface area contributed by atoms with Gasteiger partial charge in [-0.15, -0.1) is 12.4 Å². The molecule has 0 unspecified atom stereocenters. The number of amides is 1. The van der Waals surface area contributed by atoms with E-state index in [2.05, 4.69) is 5.32 Å². The van der Waals surface area contributed by atoms with E-state index >= 15 is 0 Å². The predicted molar refractivity (Wildman–Crippen MR) is 105 cm³/mol. The Morgan fingerprint density at radius 3 is 2.54 bits per heavy atom. The number of anilines is 1. The molecule has 1 amide bonds. The van der Waals surface area contributed by atoms with Crippen LogP contribution in [0.2, 0.25) is 0 Å². The zero-order valence-corrected chi connectivity index (χ0v) is 15.7. The summed E-state index contributed by atoms with van der Waals surface area (Å²) in [6.45, 7) is 3.50. The highest BCUT2D eigenvalue weighted by atomic mass is 35.5. The second-order valence-corrected chi connectivity index (χ2v) is 6.47. The lowest BCUT2D eigenvalue weighted by molar-refractivity contribution is -0.124. The summed E-state index contributed by atoms with van der Waals surface area (Å²) in [5, 5.41) is 2.95.